The van der Waals surface area contributed by atoms with Gasteiger partial charge in [-0.2, -0.15) is 0 Å². The number of anilines is 1. The topological polar surface area (TPSA) is 249 Å². The van der Waals surface area contributed by atoms with Crippen molar-refractivity contribution in [2.24, 2.45) is 11.3 Å². The van der Waals surface area contributed by atoms with Crippen LogP contribution >= 0.6 is 0 Å². The summed E-state index contributed by atoms with van der Waals surface area (Å²) in [6, 6.07) is 11.2. The van der Waals surface area contributed by atoms with Crippen molar-refractivity contribution < 1.29 is 68.5 Å². The summed E-state index contributed by atoms with van der Waals surface area (Å²) in [6.45, 7) is 9.19. The second-order valence-electron chi connectivity index (χ2n) is 18.7. The van der Waals surface area contributed by atoms with Gasteiger partial charge >= 0.3 is 29.8 Å². The lowest BCUT2D eigenvalue weighted by molar-refractivity contribution is -0.228. The minimum absolute atomic E-state index is 0.0284. The maximum Gasteiger partial charge on any atom is 0.344 e. The summed E-state index contributed by atoms with van der Waals surface area (Å²) < 4.78 is 23.9. The van der Waals surface area contributed by atoms with Crippen LogP contribution in [0.4, 0.5) is 5.69 Å². The van der Waals surface area contributed by atoms with Gasteiger partial charge in [0.25, 0.3) is 0 Å². The molecule has 9 rings (SSSR count). The molecule has 1 spiro atoms. The van der Waals surface area contributed by atoms with Crippen molar-refractivity contribution in [1.29, 1.82) is 0 Å². The fourth-order valence-electron chi connectivity index (χ4n) is 13.1. The van der Waals surface area contributed by atoms with Crippen molar-refractivity contribution >= 4 is 46.4 Å². The van der Waals surface area contributed by atoms with Gasteiger partial charge in [0.1, 0.15) is 11.2 Å². The van der Waals surface area contributed by atoms with Crippen LogP contribution in [0.15, 0.2) is 60.2 Å². The molecule has 18 nitrogen and oxygen atoms in total. The number of likely N-dealkylation sites (N-methyl/N-ethyl adjacent to an activating group) is 1. The molecule has 18 heteroatoms. The molecule has 2 unspecified atom stereocenters. The van der Waals surface area contributed by atoms with Crippen LogP contribution in [0, 0.1) is 11.3 Å². The number of carbonyl (C=O) groups is 5. The van der Waals surface area contributed by atoms with Crippen LogP contribution in [0.5, 0.6) is 5.75 Å². The van der Waals surface area contributed by atoms with Gasteiger partial charge in [0, 0.05) is 90.9 Å². The molecule has 67 heavy (non-hydrogen) atoms. The van der Waals surface area contributed by atoms with E-state index in [9.17, 15) is 24.3 Å². The number of esters is 3. The first-order chi connectivity index (χ1) is 31.8. The average Bonchev–Trinajstić information content (AvgIpc) is 3.97. The molecule has 2 aromatic carbocycles. The molecule has 1 aromatic heterocycles. The van der Waals surface area contributed by atoms with Gasteiger partial charge in [0.2, 0.25) is 5.60 Å². The molecule has 6 N–H and O–H groups in total. The number of rotatable bonds is 10. The van der Waals surface area contributed by atoms with Gasteiger partial charge in [-0.3, -0.25) is 19.4 Å². The Hall–Kier alpha value is -5.79. The molecule has 5 aliphatic heterocycles. The van der Waals surface area contributed by atoms with E-state index in [2.05, 4.69) is 58.1 Å². The third-order valence-electron chi connectivity index (χ3n) is 15.6. The molecular formula is C49H60N4O14. The summed E-state index contributed by atoms with van der Waals surface area (Å²) in [5.41, 5.74) is 1.05. The summed E-state index contributed by atoms with van der Waals surface area (Å²) in [5, 5.41) is 46.9. The van der Waals surface area contributed by atoms with Crippen molar-refractivity contribution in [3.8, 4) is 5.75 Å². The Bertz CT molecular complexity index is 2560. The number of aliphatic carboxylic acids is 2. The first-order valence-electron chi connectivity index (χ1n) is 22.6. The van der Waals surface area contributed by atoms with Gasteiger partial charge in [-0.1, -0.05) is 55.8 Å². The monoisotopic (exact) mass is 928 g/mol. The fraction of sp³-hybridized carbons (Fsp3) is 0.531. The fourth-order valence-corrected chi connectivity index (χ4v) is 13.1. The van der Waals surface area contributed by atoms with Gasteiger partial charge in [0.05, 0.1) is 27.4 Å². The number of carbonyl (C=O) groups excluding carboxylic acids is 3. The smallest absolute Gasteiger partial charge is 0.344 e. The molecule has 0 amide bonds. The lowest BCUT2D eigenvalue weighted by atomic mass is 9.47. The number of benzene rings is 2. The molecule has 1 saturated carbocycles. The first-order valence-corrected chi connectivity index (χ1v) is 22.6. The number of aromatic amines is 1. The van der Waals surface area contributed by atoms with Crippen LogP contribution in [0.25, 0.3) is 10.9 Å². The minimum atomic E-state index is -2.27. The number of fused-ring (bicyclic) bond motifs is 6. The molecule has 6 heterocycles. The Balaban J connectivity index is 0.000000547. The van der Waals surface area contributed by atoms with E-state index in [1.54, 1.807) is 7.11 Å². The van der Waals surface area contributed by atoms with Crippen molar-refractivity contribution in [2.75, 3.05) is 59.5 Å². The van der Waals surface area contributed by atoms with Crippen LogP contribution in [0.2, 0.25) is 0 Å². The van der Waals surface area contributed by atoms with E-state index in [1.807, 2.05) is 37.1 Å². The Morgan fingerprint density at radius 2 is 1.61 bits per heavy atom. The van der Waals surface area contributed by atoms with Crippen molar-refractivity contribution in [1.82, 2.24) is 14.8 Å². The highest BCUT2D eigenvalue weighted by molar-refractivity contribution is 5.95. The summed E-state index contributed by atoms with van der Waals surface area (Å²) in [7, 11) is 6.22. The number of aliphatic hydroxyl groups excluding tert-OH is 2. The number of nitrogens with zero attached hydrogens (tertiary/aromatic N) is 3. The van der Waals surface area contributed by atoms with Gasteiger partial charge in [0.15, 0.2) is 18.3 Å². The third-order valence-corrected chi connectivity index (χ3v) is 15.6. The number of hydrogen-bond acceptors (Lipinski definition) is 15. The number of carboxylic acid groups (broad SMARTS) is 2. The molecule has 3 aromatic rings. The van der Waals surface area contributed by atoms with Gasteiger partial charge < -0.3 is 54.4 Å². The van der Waals surface area contributed by atoms with Crippen molar-refractivity contribution in [3.05, 3.63) is 82.6 Å². The first kappa shape index (κ1) is 47.7. The molecule has 2 fully saturated rings. The Labute approximate surface area is 387 Å². The second kappa shape index (κ2) is 17.4. The van der Waals surface area contributed by atoms with E-state index < -0.39 is 70.1 Å². The zero-order chi connectivity index (χ0) is 48.5. The van der Waals surface area contributed by atoms with Gasteiger partial charge in [-0.05, 0) is 61.4 Å². The summed E-state index contributed by atoms with van der Waals surface area (Å²) in [4.78, 5) is 72.7. The number of carboxylic acids is 2. The minimum Gasteiger partial charge on any atom is -0.496 e. The van der Waals surface area contributed by atoms with Crippen LogP contribution in [-0.2, 0) is 55.6 Å². The molecule has 360 valence electrons. The number of H-pyrrole nitrogens is 1. The zero-order valence-corrected chi connectivity index (χ0v) is 38.8. The largest absolute Gasteiger partial charge is 0.496 e. The number of aromatic nitrogens is 1. The number of ether oxygens (including phenoxy) is 4. The van der Waals surface area contributed by atoms with Crippen LogP contribution in [0.1, 0.15) is 68.8 Å². The predicted molar refractivity (Wildman–Crippen MR) is 241 cm³/mol. The molecule has 0 radical (unpaired) electrons. The Kier molecular flexibility index (Phi) is 12.4. The maximum absolute atomic E-state index is 15.2. The van der Waals surface area contributed by atoms with E-state index in [-0.39, 0.29) is 17.9 Å². The number of hydrogen-bond donors (Lipinski definition) is 6. The number of methoxy groups -OCH3 is 3. The Morgan fingerprint density at radius 3 is 2.22 bits per heavy atom. The van der Waals surface area contributed by atoms with Crippen LogP contribution in [-0.4, -0.2) is 161 Å². The quantitative estimate of drug-likeness (QED) is 0.0972. The van der Waals surface area contributed by atoms with Crippen LogP contribution < -0.4 is 9.64 Å². The summed E-state index contributed by atoms with van der Waals surface area (Å²) >= 11 is 0. The van der Waals surface area contributed by atoms with Crippen LogP contribution in [0.3, 0.4) is 0 Å². The van der Waals surface area contributed by atoms with E-state index >= 15 is 4.79 Å². The van der Waals surface area contributed by atoms with E-state index in [0.717, 1.165) is 52.9 Å². The van der Waals surface area contributed by atoms with E-state index in [1.165, 1.54) is 26.7 Å². The summed E-state index contributed by atoms with van der Waals surface area (Å²) in [6.07, 6.45) is 3.14. The standard InChI is InChI=1S/C45H54N4O8.C4H6O6/c1-8-27-19-28-22-44(40(51)55-6,36-30(25-48(23-27)24-28)29-13-10-11-14-33(29)46-36)32-20-31-34(21-35(32)54-5)47(4)38-43(31)16-18-49-17-12-15-42(9-2,37(43)49)39(57-26(3)50)45(38,53)41(52)56-7;5-1(3(7)8)2(6)4(9)10/h10-15,19-21,28,37-39,46,53H,8-9,16-18,22-25H2,1-7H3;1-2,5-6H,(H,7,8)(H,9,10)/t28-,37-,38+,39+,42+,43+,44-,45?;1-,2-/m01/s1. The second-order valence-corrected chi connectivity index (χ2v) is 18.7. The normalized spacial score (nSPS) is 32.1. The summed E-state index contributed by atoms with van der Waals surface area (Å²) in [5.74, 6) is -4.85. The van der Waals surface area contributed by atoms with Gasteiger partial charge in [-0.15, -0.1) is 0 Å². The maximum atomic E-state index is 15.2. The zero-order valence-electron chi connectivity index (χ0n) is 38.8. The third kappa shape index (κ3) is 6.88. The number of para-hydroxylation sites is 1. The molecule has 1 saturated heterocycles. The SMILES string of the molecule is CCC1=C[C@@H]2CN(C1)Cc1c([nH]c3ccccc13)[C@@](C(=O)OC)(c1cc3c(cc1OC)N(C)[C@H]1C(O)(C(=O)OC)[C@H](OC(C)=O)[C@]4(CC)C=CCN5CC[C@]31[C@@H]54)C2.O=C(O)[C@H](O)[C@@H](O)C(=O)O. The van der Waals surface area contributed by atoms with E-state index in [4.69, 9.17) is 39.4 Å². The molecule has 6 aliphatic rings. The molecule has 1 aliphatic carbocycles. The molecule has 2 bridgehead atoms. The predicted octanol–water partition coefficient (Wildman–Crippen LogP) is 2.63. The van der Waals surface area contributed by atoms with Gasteiger partial charge in [-0.25, -0.2) is 14.4 Å². The lowest BCUT2D eigenvalue weighted by Gasteiger charge is -2.63. The van der Waals surface area contributed by atoms with E-state index in [0.29, 0.717) is 50.2 Å². The van der Waals surface area contributed by atoms with Crippen molar-refractivity contribution in [2.45, 2.75) is 99.8 Å². The molecule has 11 atom stereocenters. The number of nitrogens with one attached hydrogen (secondary N) is 1. The molecular weight excluding hydrogens is 869 g/mol. The number of aliphatic hydroxyl groups is 3. The lowest BCUT2D eigenvalue weighted by Crippen LogP contribution is -2.81. The van der Waals surface area contributed by atoms with Crippen molar-refractivity contribution in [3.63, 3.8) is 0 Å². The average molecular weight is 929 g/mol. The highest BCUT2D eigenvalue weighted by Crippen LogP contribution is 2.68. The Morgan fingerprint density at radius 1 is 0.925 bits per heavy atom. The highest BCUT2D eigenvalue weighted by Gasteiger charge is 2.80. The highest BCUT2D eigenvalue weighted by atomic mass is 16.6.